The number of ether oxygens (including phenoxy) is 1. The molecule has 18 heavy (non-hydrogen) atoms. The summed E-state index contributed by atoms with van der Waals surface area (Å²) < 4.78 is 4.95. The van der Waals surface area contributed by atoms with Crippen LogP contribution in [0.2, 0.25) is 0 Å². The fourth-order valence-corrected chi connectivity index (χ4v) is 2.27. The fraction of sp³-hybridized carbons (Fsp3) is 0.857. The lowest BCUT2D eigenvalue weighted by molar-refractivity contribution is -0.145. The highest BCUT2D eigenvalue weighted by molar-refractivity contribution is 5.81. The van der Waals surface area contributed by atoms with Crippen molar-refractivity contribution < 1.29 is 14.3 Å². The lowest BCUT2D eigenvalue weighted by atomic mass is 9.90. The number of likely N-dealkylation sites (tertiary alicyclic amines) is 1. The van der Waals surface area contributed by atoms with Gasteiger partial charge in [0.15, 0.2) is 0 Å². The van der Waals surface area contributed by atoms with Gasteiger partial charge in [0.05, 0.1) is 6.61 Å². The largest absolute Gasteiger partial charge is 0.466 e. The standard InChI is InChI=1S/C14H25NO3/c1-5-18-12(16)10-11-6-8-15(9-7-11)13(17)14(2,3)4/h11H,5-10H2,1-4H3. The molecular weight excluding hydrogens is 230 g/mol. The van der Waals surface area contributed by atoms with Crippen molar-refractivity contribution in [2.45, 2.75) is 47.0 Å². The molecule has 1 rings (SSSR count). The van der Waals surface area contributed by atoms with Crippen molar-refractivity contribution >= 4 is 11.9 Å². The van der Waals surface area contributed by atoms with Crippen molar-refractivity contribution in [1.29, 1.82) is 0 Å². The molecule has 1 saturated heterocycles. The Morgan fingerprint density at radius 1 is 1.22 bits per heavy atom. The van der Waals surface area contributed by atoms with Crippen LogP contribution < -0.4 is 0 Å². The molecule has 0 aromatic carbocycles. The molecule has 4 nitrogen and oxygen atoms in total. The molecule has 1 aliphatic heterocycles. The Morgan fingerprint density at radius 2 is 1.78 bits per heavy atom. The molecule has 0 spiro atoms. The Labute approximate surface area is 110 Å². The molecule has 1 amide bonds. The molecule has 0 saturated carbocycles. The lowest BCUT2D eigenvalue weighted by Gasteiger charge is -2.35. The van der Waals surface area contributed by atoms with Crippen LogP contribution in [0.3, 0.4) is 0 Å². The van der Waals surface area contributed by atoms with Gasteiger partial charge in [-0.1, -0.05) is 20.8 Å². The van der Waals surface area contributed by atoms with Crippen LogP contribution in [0.15, 0.2) is 0 Å². The van der Waals surface area contributed by atoms with Crippen LogP contribution in [0.4, 0.5) is 0 Å². The van der Waals surface area contributed by atoms with Crippen LogP contribution in [0.25, 0.3) is 0 Å². The number of hydrogen-bond donors (Lipinski definition) is 0. The lowest BCUT2D eigenvalue weighted by Crippen LogP contribution is -2.44. The van der Waals surface area contributed by atoms with Crippen LogP contribution in [-0.2, 0) is 14.3 Å². The zero-order chi connectivity index (χ0) is 13.8. The Hall–Kier alpha value is -1.06. The highest BCUT2D eigenvalue weighted by Gasteiger charge is 2.30. The Balaban J connectivity index is 2.37. The second-order valence-corrected chi connectivity index (χ2v) is 5.99. The van der Waals surface area contributed by atoms with Gasteiger partial charge in [0, 0.05) is 24.9 Å². The summed E-state index contributed by atoms with van der Waals surface area (Å²) in [5, 5.41) is 0. The maximum absolute atomic E-state index is 12.1. The Kier molecular flexibility index (Phi) is 5.17. The monoisotopic (exact) mass is 255 g/mol. The number of esters is 1. The number of rotatable bonds is 3. The minimum atomic E-state index is -0.312. The molecule has 1 heterocycles. The van der Waals surface area contributed by atoms with Crippen LogP contribution >= 0.6 is 0 Å². The van der Waals surface area contributed by atoms with Crippen LogP contribution in [-0.4, -0.2) is 36.5 Å². The Morgan fingerprint density at radius 3 is 2.22 bits per heavy atom. The molecule has 0 unspecified atom stereocenters. The van der Waals surface area contributed by atoms with Gasteiger partial charge < -0.3 is 9.64 Å². The molecule has 0 atom stereocenters. The van der Waals surface area contributed by atoms with E-state index in [2.05, 4.69) is 0 Å². The van der Waals surface area contributed by atoms with Crippen molar-refractivity contribution in [2.75, 3.05) is 19.7 Å². The van der Waals surface area contributed by atoms with Crippen LogP contribution in [0, 0.1) is 11.3 Å². The van der Waals surface area contributed by atoms with Gasteiger partial charge in [-0.15, -0.1) is 0 Å². The molecule has 1 fully saturated rings. The second-order valence-electron chi connectivity index (χ2n) is 5.99. The van der Waals surface area contributed by atoms with Gasteiger partial charge in [0.25, 0.3) is 0 Å². The van der Waals surface area contributed by atoms with E-state index < -0.39 is 0 Å². The van der Waals surface area contributed by atoms with Gasteiger partial charge in [-0.05, 0) is 25.7 Å². The molecule has 0 N–H and O–H groups in total. The molecule has 0 bridgehead atoms. The highest BCUT2D eigenvalue weighted by atomic mass is 16.5. The predicted molar refractivity (Wildman–Crippen MR) is 70.0 cm³/mol. The Bertz CT molecular complexity index is 299. The number of piperidine rings is 1. The minimum absolute atomic E-state index is 0.113. The summed E-state index contributed by atoms with van der Waals surface area (Å²) in [7, 11) is 0. The SMILES string of the molecule is CCOC(=O)CC1CCN(C(=O)C(C)(C)C)CC1. The average molecular weight is 255 g/mol. The van der Waals surface area contributed by atoms with Crippen molar-refractivity contribution in [2.24, 2.45) is 11.3 Å². The number of amides is 1. The maximum Gasteiger partial charge on any atom is 0.306 e. The van der Waals surface area contributed by atoms with E-state index in [1.807, 2.05) is 32.6 Å². The van der Waals surface area contributed by atoms with Gasteiger partial charge in [-0.2, -0.15) is 0 Å². The molecule has 0 aromatic heterocycles. The van der Waals surface area contributed by atoms with E-state index >= 15 is 0 Å². The van der Waals surface area contributed by atoms with E-state index in [1.54, 1.807) is 0 Å². The highest BCUT2D eigenvalue weighted by Crippen LogP contribution is 2.25. The number of nitrogens with zero attached hydrogens (tertiary/aromatic N) is 1. The first kappa shape index (κ1) is 15.0. The van der Waals surface area contributed by atoms with Gasteiger partial charge in [-0.3, -0.25) is 9.59 Å². The second kappa shape index (κ2) is 6.21. The van der Waals surface area contributed by atoms with E-state index in [0.29, 0.717) is 18.9 Å². The first-order chi connectivity index (χ1) is 8.34. The third-order valence-electron chi connectivity index (χ3n) is 3.30. The quantitative estimate of drug-likeness (QED) is 0.726. The summed E-state index contributed by atoms with van der Waals surface area (Å²) in [6.45, 7) is 9.63. The summed E-state index contributed by atoms with van der Waals surface area (Å²) in [5.74, 6) is 0.461. The third-order valence-corrected chi connectivity index (χ3v) is 3.30. The van der Waals surface area contributed by atoms with Crippen molar-refractivity contribution in [3.8, 4) is 0 Å². The molecule has 0 aliphatic carbocycles. The van der Waals surface area contributed by atoms with Crippen molar-refractivity contribution in [3.05, 3.63) is 0 Å². The van der Waals surface area contributed by atoms with Gasteiger partial charge in [-0.25, -0.2) is 0 Å². The van der Waals surface area contributed by atoms with Gasteiger partial charge >= 0.3 is 5.97 Å². The van der Waals surface area contributed by atoms with E-state index in [4.69, 9.17) is 4.74 Å². The smallest absolute Gasteiger partial charge is 0.306 e. The summed E-state index contributed by atoms with van der Waals surface area (Å²) in [4.78, 5) is 25.4. The van der Waals surface area contributed by atoms with E-state index in [1.165, 1.54) is 0 Å². The fourth-order valence-electron chi connectivity index (χ4n) is 2.27. The third kappa shape index (κ3) is 4.31. The van der Waals surface area contributed by atoms with E-state index in [0.717, 1.165) is 25.9 Å². The maximum atomic E-state index is 12.1. The minimum Gasteiger partial charge on any atom is -0.466 e. The number of hydrogen-bond acceptors (Lipinski definition) is 3. The molecule has 104 valence electrons. The molecule has 1 aliphatic rings. The zero-order valence-electron chi connectivity index (χ0n) is 12.0. The summed E-state index contributed by atoms with van der Waals surface area (Å²) in [6.07, 6.45) is 2.30. The number of carbonyl (C=O) groups is 2. The molecule has 0 aromatic rings. The van der Waals surface area contributed by atoms with E-state index in [-0.39, 0.29) is 17.3 Å². The van der Waals surface area contributed by atoms with Crippen molar-refractivity contribution in [3.63, 3.8) is 0 Å². The zero-order valence-corrected chi connectivity index (χ0v) is 12.0. The number of carbonyl (C=O) groups excluding carboxylic acids is 2. The first-order valence-corrected chi connectivity index (χ1v) is 6.79. The molecule has 4 heteroatoms. The van der Waals surface area contributed by atoms with E-state index in [9.17, 15) is 9.59 Å². The predicted octanol–water partition coefficient (Wildman–Crippen LogP) is 2.22. The van der Waals surface area contributed by atoms with Crippen LogP contribution in [0.1, 0.15) is 47.0 Å². The average Bonchev–Trinajstić information content (AvgIpc) is 2.28. The topological polar surface area (TPSA) is 46.6 Å². The first-order valence-electron chi connectivity index (χ1n) is 6.79. The van der Waals surface area contributed by atoms with Gasteiger partial charge in [0.1, 0.15) is 0 Å². The summed E-state index contributed by atoms with van der Waals surface area (Å²) in [6, 6.07) is 0. The van der Waals surface area contributed by atoms with Crippen LogP contribution in [0.5, 0.6) is 0 Å². The van der Waals surface area contributed by atoms with Crippen molar-refractivity contribution in [1.82, 2.24) is 4.90 Å². The summed E-state index contributed by atoms with van der Waals surface area (Å²) in [5.41, 5.74) is -0.312. The van der Waals surface area contributed by atoms with Gasteiger partial charge in [0.2, 0.25) is 5.91 Å². The normalized spacial score (nSPS) is 17.7. The molecular formula is C14H25NO3. The molecule has 0 radical (unpaired) electrons. The summed E-state index contributed by atoms with van der Waals surface area (Å²) >= 11 is 0.